The smallest absolute Gasteiger partial charge is 0.141 e. The van der Waals surface area contributed by atoms with Crippen molar-refractivity contribution < 1.29 is 13.5 Å². The number of hydrogen-bond donors (Lipinski definition) is 1. The van der Waals surface area contributed by atoms with Crippen molar-refractivity contribution in [3.05, 3.63) is 106 Å². The Labute approximate surface area is 183 Å². The lowest BCUT2D eigenvalue weighted by atomic mass is 10.0. The van der Waals surface area contributed by atoms with Gasteiger partial charge in [0, 0.05) is 23.4 Å². The van der Waals surface area contributed by atoms with E-state index < -0.39 is 11.6 Å². The van der Waals surface area contributed by atoms with E-state index in [1.165, 1.54) is 18.2 Å². The van der Waals surface area contributed by atoms with Gasteiger partial charge in [0.15, 0.2) is 0 Å². The van der Waals surface area contributed by atoms with Crippen LogP contribution in [0.3, 0.4) is 0 Å². The van der Waals surface area contributed by atoms with Crippen LogP contribution in [0.2, 0.25) is 10.0 Å². The molecule has 0 amide bonds. The highest BCUT2D eigenvalue weighted by atomic mass is 35.5. The molecule has 0 saturated heterocycles. The van der Waals surface area contributed by atoms with Gasteiger partial charge in [0.1, 0.15) is 24.0 Å². The van der Waals surface area contributed by atoms with Gasteiger partial charge in [-0.3, -0.25) is 0 Å². The molecule has 4 aromatic carbocycles. The highest BCUT2D eigenvalue weighted by Gasteiger charge is 2.13. The molecule has 0 unspecified atom stereocenters. The monoisotopic (exact) mass is 443 g/mol. The molecular formula is C24H17Cl2F2NO. The molecule has 30 heavy (non-hydrogen) atoms. The third-order valence-electron chi connectivity index (χ3n) is 4.82. The molecule has 0 heterocycles. The first kappa shape index (κ1) is 20.5. The molecule has 0 aliphatic carbocycles. The molecule has 0 aliphatic rings. The van der Waals surface area contributed by atoms with Gasteiger partial charge in [-0.15, -0.1) is 0 Å². The molecule has 6 heteroatoms. The van der Waals surface area contributed by atoms with E-state index in [1.807, 2.05) is 36.4 Å². The normalized spacial score (nSPS) is 10.9. The lowest BCUT2D eigenvalue weighted by Crippen LogP contribution is -2.06. The minimum absolute atomic E-state index is 0.000771. The average Bonchev–Trinajstić information content (AvgIpc) is 2.74. The molecule has 0 aromatic heterocycles. The first-order valence-corrected chi connectivity index (χ1v) is 10.0. The molecule has 0 radical (unpaired) electrons. The third kappa shape index (κ3) is 4.35. The fraction of sp³-hybridized carbons (Fsp3) is 0.0833. The number of nitrogens with one attached hydrogen (secondary N) is 1. The summed E-state index contributed by atoms with van der Waals surface area (Å²) in [4.78, 5) is 0. The molecule has 152 valence electrons. The number of fused-ring (bicyclic) bond motifs is 1. The Morgan fingerprint density at radius 2 is 1.60 bits per heavy atom. The maximum atomic E-state index is 14.1. The Balaban J connectivity index is 1.64. The molecule has 0 saturated carbocycles. The second-order valence-corrected chi connectivity index (χ2v) is 7.55. The average molecular weight is 444 g/mol. The van der Waals surface area contributed by atoms with Crippen LogP contribution in [0.25, 0.3) is 10.8 Å². The molecular weight excluding hydrogens is 427 g/mol. The molecule has 4 aromatic rings. The van der Waals surface area contributed by atoms with Crippen LogP contribution >= 0.6 is 23.2 Å². The van der Waals surface area contributed by atoms with Crippen molar-refractivity contribution in [2.24, 2.45) is 0 Å². The summed E-state index contributed by atoms with van der Waals surface area (Å²) in [5, 5.41) is 5.65. The summed E-state index contributed by atoms with van der Waals surface area (Å²) in [6, 6.07) is 20.7. The molecule has 1 N–H and O–H groups in total. The second kappa shape index (κ2) is 8.90. The number of benzene rings is 4. The summed E-state index contributed by atoms with van der Waals surface area (Å²) in [5.41, 5.74) is 1.87. The number of halogens is 4. The zero-order chi connectivity index (χ0) is 21.1. The Hall–Kier alpha value is -2.82. The number of hydrogen-bond acceptors (Lipinski definition) is 2. The maximum absolute atomic E-state index is 14.1. The summed E-state index contributed by atoms with van der Waals surface area (Å²) in [5.74, 6) is -0.282. The van der Waals surface area contributed by atoms with Gasteiger partial charge < -0.3 is 10.1 Å². The Morgan fingerprint density at radius 1 is 0.767 bits per heavy atom. The summed E-state index contributed by atoms with van der Waals surface area (Å²) in [7, 11) is 0. The van der Waals surface area contributed by atoms with Crippen LogP contribution in [-0.2, 0) is 13.2 Å². The van der Waals surface area contributed by atoms with E-state index in [9.17, 15) is 8.78 Å². The standard InChI is InChI=1S/C24H17Cl2F2NO/c25-20-6-3-7-22(27)19(20)14-30-24-11-8-15-4-1-2-5-17(15)18(24)13-29-16-9-10-23(28)21(26)12-16/h1-12,29H,13-14H2. The highest BCUT2D eigenvalue weighted by Crippen LogP contribution is 2.31. The van der Waals surface area contributed by atoms with Crippen LogP contribution in [0.1, 0.15) is 11.1 Å². The largest absolute Gasteiger partial charge is 0.488 e. The molecule has 0 fully saturated rings. The summed E-state index contributed by atoms with van der Waals surface area (Å²) in [6.45, 7) is 0.406. The lowest BCUT2D eigenvalue weighted by molar-refractivity contribution is 0.297. The van der Waals surface area contributed by atoms with E-state index in [4.69, 9.17) is 27.9 Å². The van der Waals surface area contributed by atoms with Gasteiger partial charge in [-0.25, -0.2) is 8.78 Å². The van der Waals surface area contributed by atoms with Crippen molar-refractivity contribution in [1.82, 2.24) is 0 Å². The van der Waals surface area contributed by atoms with Crippen LogP contribution in [0.15, 0.2) is 72.8 Å². The topological polar surface area (TPSA) is 21.3 Å². The SMILES string of the molecule is Fc1ccc(NCc2c(OCc3c(F)cccc3Cl)ccc3ccccc23)cc1Cl. The van der Waals surface area contributed by atoms with Crippen molar-refractivity contribution in [2.45, 2.75) is 13.2 Å². The molecule has 0 bridgehead atoms. The minimum Gasteiger partial charge on any atom is -0.488 e. The molecule has 0 atom stereocenters. The van der Waals surface area contributed by atoms with Crippen molar-refractivity contribution in [3.8, 4) is 5.75 Å². The maximum Gasteiger partial charge on any atom is 0.141 e. The van der Waals surface area contributed by atoms with Crippen LogP contribution < -0.4 is 10.1 Å². The van der Waals surface area contributed by atoms with Crippen molar-refractivity contribution in [1.29, 1.82) is 0 Å². The summed E-state index contributed by atoms with van der Waals surface area (Å²) in [6.07, 6.45) is 0. The zero-order valence-corrected chi connectivity index (χ0v) is 17.3. The highest BCUT2D eigenvalue weighted by molar-refractivity contribution is 6.31. The van der Waals surface area contributed by atoms with Crippen LogP contribution in [0.5, 0.6) is 5.75 Å². The second-order valence-electron chi connectivity index (χ2n) is 6.73. The van der Waals surface area contributed by atoms with Crippen molar-refractivity contribution in [2.75, 3.05) is 5.32 Å². The van der Waals surface area contributed by atoms with E-state index >= 15 is 0 Å². The molecule has 0 spiro atoms. The summed E-state index contributed by atoms with van der Waals surface area (Å²) < 4.78 is 33.5. The van der Waals surface area contributed by atoms with E-state index in [2.05, 4.69) is 5.32 Å². The van der Waals surface area contributed by atoms with Gasteiger partial charge >= 0.3 is 0 Å². The van der Waals surface area contributed by atoms with Crippen molar-refractivity contribution >= 4 is 39.7 Å². The van der Waals surface area contributed by atoms with Gasteiger partial charge in [-0.05, 0) is 47.2 Å². The fourth-order valence-electron chi connectivity index (χ4n) is 3.25. The van der Waals surface area contributed by atoms with Gasteiger partial charge in [0.2, 0.25) is 0 Å². The van der Waals surface area contributed by atoms with Gasteiger partial charge in [0.05, 0.1) is 10.0 Å². The quantitative estimate of drug-likeness (QED) is 0.330. The first-order chi connectivity index (χ1) is 14.5. The number of rotatable bonds is 6. The third-order valence-corrected chi connectivity index (χ3v) is 5.46. The molecule has 2 nitrogen and oxygen atoms in total. The van der Waals surface area contributed by atoms with E-state index in [1.54, 1.807) is 18.2 Å². The van der Waals surface area contributed by atoms with Crippen molar-refractivity contribution in [3.63, 3.8) is 0 Å². The first-order valence-electron chi connectivity index (χ1n) is 9.28. The Bertz CT molecular complexity index is 1190. The Kier molecular flexibility index (Phi) is 6.07. The van der Waals surface area contributed by atoms with E-state index in [-0.39, 0.29) is 11.6 Å². The van der Waals surface area contributed by atoms with Crippen LogP contribution in [-0.4, -0.2) is 0 Å². The van der Waals surface area contributed by atoms with Crippen LogP contribution in [0, 0.1) is 11.6 Å². The van der Waals surface area contributed by atoms with Gasteiger partial charge in [-0.1, -0.05) is 59.6 Å². The summed E-state index contributed by atoms with van der Waals surface area (Å²) >= 11 is 12.0. The van der Waals surface area contributed by atoms with Gasteiger partial charge in [-0.2, -0.15) is 0 Å². The zero-order valence-electron chi connectivity index (χ0n) is 15.8. The van der Waals surface area contributed by atoms with Gasteiger partial charge in [0.25, 0.3) is 0 Å². The lowest BCUT2D eigenvalue weighted by Gasteiger charge is -2.16. The molecule has 0 aliphatic heterocycles. The van der Waals surface area contributed by atoms with E-state index in [0.29, 0.717) is 28.6 Å². The fourth-order valence-corrected chi connectivity index (χ4v) is 3.65. The van der Waals surface area contributed by atoms with Crippen LogP contribution in [0.4, 0.5) is 14.5 Å². The minimum atomic E-state index is -0.474. The number of anilines is 1. The van der Waals surface area contributed by atoms with E-state index in [0.717, 1.165) is 16.3 Å². The predicted octanol–water partition coefficient (Wildman–Crippen LogP) is 7.62. The number of ether oxygens (including phenoxy) is 1. The predicted molar refractivity (Wildman–Crippen MR) is 118 cm³/mol. The Morgan fingerprint density at radius 3 is 2.40 bits per heavy atom. The molecule has 4 rings (SSSR count).